The molecule has 1 unspecified atom stereocenters. The van der Waals surface area contributed by atoms with Crippen LogP contribution in [0.3, 0.4) is 0 Å². The number of piperazine rings is 1. The first-order valence-corrected chi connectivity index (χ1v) is 7.66. The standard InChI is InChI=1S/C17H23N3O3/c1-5-9-19-10-11-20(14(21)12-19)13-17(7-6-8-18-17)15(22)23-16(2,3)4/h1,6-8H,9-13H2,2-4H3. The smallest absolute Gasteiger partial charge is 0.340 e. The number of nitrogens with zero attached hydrogens (tertiary/aromatic N) is 3. The zero-order valence-corrected chi connectivity index (χ0v) is 13.9. The molecular formula is C17H23N3O3. The molecule has 1 amide bonds. The average molecular weight is 317 g/mol. The molecule has 124 valence electrons. The minimum Gasteiger partial charge on any atom is -0.458 e. The highest BCUT2D eigenvalue weighted by molar-refractivity contribution is 5.92. The number of hydrogen-bond acceptors (Lipinski definition) is 5. The maximum Gasteiger partial charge on any atom is 0.340 e. The highest BCUT2D eigenvalue weighted by Crippen LogP contribution is 2.24. The summed E-state index contributed by atoms with van der Waals surface area (Å²) in [6.45, 7) is 7.55. The number of carbonyl (C=O) groups excluding carboxylic acids is 2. The van der Waals surface area contributed by atoms with Gasteiger partial charge >= 0.3 is 5.97 Å². The third kappa shape index (κ3) is 4.20. The first kappa shape index (κ1) is 17.2. The Bertz CT molecular complexity index is 569. The number of terminal acetylenes is 1. The van der Waals surface area contributed by atoms with E-state index in [1.807, 2.05) is 25.7 Å². The number of aliphatic imine (C=N–C) groups is 1. The van der Waals surface area contributed by atoms with Gasteiger partial charge in [0.05, 0.1) is 19.6 Å². The number of esters is 1. The van der Waals surface area contributed by atoms with Crippen LogP contribution < -0.4 is 0 Å². The lowest BCUT2D eigenvalue weighted by Gasteiger charge is -2.37. The van der Waals surface area contributed by atoms with Crippen molar-refractivity contribution in [3.05, 3.63) is 12.2 Å². The van der Waals surface area contributed by atoms with Crippen LogP contribution >= 0.6 is 0 Å². The van der Waals surface area contributed by atoms with Gasteiger partial charge < -0.3 is 9.64 Å². The van der Waals surface area contributed by atoms with Crippen LogP contribution in [0.2, 0.25) is 0 Å². The summed E-state index contributed by atoms with van der Waals surface area (Å²) in [6.07, 6.45) is 10.3. The molecule has 0 saturated carbocycles. The topological polar surface area (TPSA) is 62.2 Å². The molecule has 0 radical (unpaired) electrons. The number of carbonyl (C=O) groups is 2. The Morgan fingerprint density at radius 3 is 2.74 bits per heavy atom. The van der Waals surface area contributed by atoms with E-state index in [0.29, 0.717) is 19.6 Å². The summed E-state index contributed by atoms with van der Waals surface area (Å²) in [5, 5.41) is 0. The Labute approximate surface area is 137 Å². The molecule has 0 aliphatic carbocycles. The molecule has 1 atom stereocenters. The van der Waals surface area contributed by atoms with Crippen molar-refractivity contribution in [2.24, 2.45) is 4.99 Å². The fourth-order valence-corrected chi connectivity index (χ4v) is 2.55. The predicted octanol–water partition coefficient (Wildman–Crippen LogP) is 0.485. The Balaban J connectivity index is 2.08. The molecule has 2 aliphatic rings. The van der Waals surface area contributed by atoms with Gasteiger partial charge in [-0.2, -0.15) is 0 Å². The Hall–Kier alpha value is -2.13. The lowest BCUT2D eigenvalue weighted by Crippen LogP contribution is -2.56. The molecular weight excluding hydrogens is 294 g/mol. The van der Waals surface area contributed by atoms with Crippen LogP contribution in [-0.4, -0.2) is 71.8 Å². The van der Waals surface area contributed by atoms with E-state index in [0.717, 1.165) is 0 Å². The third-order valence-corrected chi connectivity index (χ3v) is 3.66. The van der Waals surface area contributed by atoms with Crippen molar-refractivity contribution in [1.82, 2.24) is 9.80 Å². The molecule has 23 heavy (non-hydrogen) atoms. The molecule has 2 aliphatic heterocycles. The molecule has 0 spiro atoms. The highest BCUT2D eigenvalue weighted by atomic mass is 16.6. The number of hydrogen-bond donors (Lipinski definition) is 0. The van der Waals surface area contributed by atoms with Gasteiger partial charge in [-0.1, -0.05) is 5.92 Å². The van der Waals surface area contributed by atoms with Crippen molar-refractivity contribution >= 4 is 18.1 Å². The van der Waals surface area contributed by atoms with Gasteiger partial charge in [0.1, 0.15) is 5.60 Å². The normalized spacial score (nSPS) is 24.8. The van der Waals surface area contributed by atoms with E-state index in [-0.39, 0.29) is 19.0 Å². The summed E-state index contributed by atoms with van der Waals surface area (Å²) in [5.41, 5.74) is -1.75. The summed E-state index contributed by atoms with van der Waals surface area (Å²) < 4.78 is 5.48. The average Bonchev–Trinajstić information content (AvgIpc) is 2.90. The second kappa shape index (κ2) is 6.55. The zero-order valence-electron chi connectivity index (χ0n) is 13.9. The Morgan fingerprint density at radius 1 is 1.48 bits per heavy atom. The lowest BCUT2D eigenvalue weighted by atomic mass is 9.99. The van der Waals surface area contributed by atoms with E-state index < -0.39 is 17.1 Å². The number of rotatable bonds is 4. The van der Waals surface area contributed by atoms with Gasteiger partial charge in [0.2, 0.25) is 5.91 Å². The van der Waals surface area contributed by atoms with Crippen molar-refractivity contribution in [2.75, 3.05) is 32.7 Å². The summed E-state index contributed by atoms with van der Waals surface area (Å²) in [6, 6.07) is 0. The molecule has 0 bridgehead atoms. The van der Waals surface area contributed by atoms with E-state index >= 15 is 0 Å². The van der Waals surface area contributed by atoms with Crippen molar-refractivity contribution in [3.8, 4) is 12.3 Å². The van der Waals surface area contributed by atoms with Crippen LogP contribution in [0.4, 0.5) is 0 Å². The molecule has 0 N–H and O–H groups in total. The van der Waals surface area contributed by atoms with Gasteiger partial charge in [-0.05, 0) is 32.9 Å². The Kier molecular flexibility index (Phi) is 4.90. The van der Waals surface area contributed by atoms with Crippen molar-refractivity contribution in [2.45, 2.75) is 31.9 Å². The van der Waals surface area contributed by atoms with Crippen LogP contribution in [0, 0.1) is 12.3 Å². The van der Waals surface area contributed by atoms with Gasteiger partial charge in [-0.25, -0.2) is 4.79 Å². The quantitative estimate of drug-likeness (QED) is 0.559. The Morgan fingerprint density at radius 2 is 2.22 bits per heavy atom. The molecule has 1 saturated heterocycles. The monoisotopic (exact) mass is 317 g/mol. The largest absolute Gasteiger partial charge is 0.458 e. The van der Waals surface area contributed by atoms with Gasteiger partial charge in [0, 0.05) is 19.3 Å². The predicted molar refractivity (Wildman–Crippen MR) is 88.1 cm³/mol. The second-order valence-electron chi connectivity index (χ2n) is 6.79. The minimum atomic E-state index is -1.14. The maximum atomic E-state index is 12.6. The van der Waals surface area contributed by atoms with E-state index in [9.17, 15) is 9.59 Å². The number of allylic oxidation sites excluding steroid dienone is 1. The molecule has 2 rings (SSSR count). The maximum absolute atomic E-state index is 12.6. The SMILES string of the molecule is C#CCN1CCN(CC2(C(=O)OC(C)(C)C)C=CC=N2)C(=O)C1. The van der Waals surface area contributed by atoms with E-state index in [1.54, 1.807) is 23.3 Å². The van der Waals surface area contributed by atoms with Crippen molar-refractivity contribution in [1.29, 1.82) is 0 Å². The highest BCUT2D eigenvalue weighted by Gasteiger charge is 2.43. The van der Waals surface area contributed by atoms with Crippen LogP contribution in [0.1, 0.15) is 20.8 Å². The van der Waals surface area contributed by atoms with Gasteiger partial charge in [-0.15, -0.1) is 6.42 Å². The number of ether oxygens (including phenoxy) is 1. The fraction of sp³-hybridized carbons (Fsp3) is 0.588. The van der Waals surface area contributed by atoms with E-state index in [2.05, 4.69) is 10.9 Å². The third-order valence-electron chi connectivity index (χ3n) is 3.66. The van der Waals surface area contributed by atoms with E-state index in [1.165, 1.54) is 0 Å². The first-order valence-electron chi connectivity index (χ1n) is 7.66. The minimum absolute atomic E-state index is 0.0510. The summed E-state index contributed by atoms with van der Waals surface area (Å²) in [5.74, 6) is 2.06. The van der Waals surface area contributed by atoms with Gasteiger partial charge in [0.25, 0.3) is 0 Å². The molecule has 6 heteroatoms. The lowest BCUT2D eigenvalue weighted by molar-refractivity contribution is -0.160. The molecule has 6 nitrogen and oxygen atoms in total. The van der Waals surface area contributed by atoms with Crippen LogP contribution in [0.5, 0.6) is 0 Å². The van der Waals surface area contributed by atoms with Crippen LogP contribution in [0.15, 0.2) is 17.1 Å². The summed E-state index contributed by atoms with van der Waals surface area (Å²) in [7, 11) is 0. The van der Waals surface area contributed by atoms with Crippen molar-refractivity contribution < 1.29 is 14.3 Å². The molecule has 0 aromatic carbocycles. The number of amides is 1. The molecule has 1 fully saturated rings. The molecule has 0 aromatic rings. The van der Waals surface area contributed by atoms with Crippen LogP contribution in [-0.2, 0) is 14.3 Å². The van der Waals surface area contributed by atoms with E-state index in [4.69, 9.17) is 11.2 Å². The van der Waals surface area contributed by atoms with Gasteiger partial charge in [-0.3, -0.25) is 14.7 Å². The summed E-state index contributed by atoms with van der Waals surface area (Å²) >= 11 is 0. The zero-order chi connectivity index (χ0) is 17.1. The summed E-state index contributed by atoms with van der Waals surface area (Å²) in [4.78, 5) is 32.7. The molecule has 2 heterocycles. The van der Waals surface area contributed by atoms with Crippen molar-refractivity contribution in [3.63, 3.8) is 0 Å². The van der Waals surface area contributed by atoms with Gasteiger partial charge in [0.15, 0.2) is 5.54 Å². The first-order chi connectivity index (χ1) is 10.8. The second-order valence-corrected chi connectivity index (χ2v) is 6.79. The molecule has 0 aromatic heterocycles. The van der Waals surface area contributed by atoms with Crippen LogP contribution in [0.25, 0.3) is 0 Å². The fourth-order valence-electron chi connectivity index (χ4n) is 2.55.